The fraction of sp³-hybridized carbons (Fsp3) is 0.0435. The van der Waals surface area contributed by atoms with Crippen LogP contribution in [0.1, 0.15) is 43.6 Å². The molecule has 162 valence electrons. The van der Waals surface area contributed by atoms with Gasteiger partial charge in [0.05, 0.1) is 17.1 Å². The molecule has 10 heteroatoms. The number of carbonyl (C=O) groups is 2. The van der Waals surface area contributed by atoms with E-state index in [1.807, 2.05) is 6.07 Å². The first-order chi connectivity index (χ1) is 15.8. The van der Waals surface area contributed by atoms with E-state index < -0.39 is 29.5 Å². The lowest BCUT2D eigenvalue weighted by molar-refractivity contribution is 0.0960. The van der Waals surface area contributed by atoms with Gasteiger partial charge < -0.3 is 11.1 Å². The van der Waals surface area contributed by atoms with Crippen molar-refractivity contribution >= 4 is 34.3 Å². The number of amides is 2. The van der Waals surface area contributed by atoms with E-state index in [-0.39, 0.29) is 33.0 Å². The van der Waals surface area contributed by atoms with E-state index >= 15 is 0 Å². The molecule has 4 N–H and O–H groups in total. The molecule has 0 spiro atoms. The molecule has 1 aliphatic heterocycles. The highest BCUT2D eigenvalue weighted by Gasteiger charge is 2.37. The van der Waals surface area contributed by atoms with Crippen LogP contribution in [0.3, 0.4) is 0 Å². The first-order valence-corrected chi connectivity index (χ1v) is 9.98. The molecule has 1 aromatic heterocycles. The Hall–Kier alpha value is -4.29. The number of benzene rings is 3. The number of primary amides is 1. The van der Waals surface area contributed by atoms with Crippen LogP contribution in [-0.2, 0) is 0 Å². The highest BCUT2D eigenvalue weighted by Crippen LogP contribution is 2.44. The van der Waals surface area contributed by atoms with Gasteiger partial charge >= 0.3 is 0 Å². The number of aromatic nitrogens is 2. The summed E-state index contributed by atoms with van der Waals surface area (Å²) in [6.45, 7) is 0. The van der Waals surface area contributed by atoms with Gasteiger partial charge in [0.25, 0.3) is 5.91 Å². The van der Waals surface area contributed by atoms with Crippen molar-refractivity contribution in [1.82, 2.24) is 15.5 Å². The molecule has 0 radical (unpaired) electrons. The molecule has 1 aliphatic rings. The van der Waals surface area contributed by atoms with Crippen LogP contribution in [0.5, 0.6) is 0 Å². The zero-order chi connectivity index (χ0) is 23.4. The largest absolute Gasteiger partial charge is 0.366 e. The zero-order valence-corrected chi connectivity index (χ0v) is 17.3. The Kier molecular flexibility index (Phi) is 4.62. The van der Waals surface area contributed by atoms with Crippen molar-refractivity contribution in [3.8, 4) is 17.2 Å². The monoisotopic (exact) mass is 463 g/mol. The number of nitrogens with zero attached hydrogens (tertiary/aromatic N) is 2. The lowest BCUT2D eigenvalue weighted by atomic mass is 9.86. The van der Waals surface area contributed by atoms with Gasteiger partial charge in [-0.05, 0) is 47.5 Å². The van der Waals surface area contributed by atoms with E-state index in [9.17, 15) is 23.6 Å². The van der Waals surface area contributed by atoms with E-state index in [2.05, 4.69) is 15.5 Å². The number of hydrogen-bond acceptors (Lipinski definition) is 4. The summed E-state index contributed by atoms with van der Waals surface area (Å²) in [6, 6.07) is 9.86. The molecule has 0 saturated heterocycles. The molecular formula is C23H12ClF2N5O2. The lowest BCUT2D eigenvalue weighted by Crippen LogP contribution is -2.20. The third-order valence-electron chi connectivity index (χ3n) is 5.61. The summed E-state index contributed by atoms with van der Waals surface area (Å²) in [7, 11) is 0. The number of rotatable bonds is 3. The van der Waals surface area contributed by atoms with Crippen LogP contribution >= 0.6 is 11.6 Å². The second-order valence-corrected chi connectivity index (χ2v) is 7.85. The van der Waals surface area contributed by atoms with Crippen LogP contribution in [0.15, 0.2) is 42.5 Å². The Labute approximate surface area is 189 Å². The Morgan fingerprint density at radius 3 is 2.58 bits per heavy atom. The van der Waals surface area contributed by atoms with Crippen molar-refractivity contribution < 1.29 is 18.4 Å². The second kappa shape index (κ2) is 7.39. The molecule has 5 rings (SSSR count). The maximum atomic E-state index is 14.1. The molecule has 1 atom stereocenters. The molecule has 0 bridgehead atoms. The first kappa shape index (κ1) is 20.6. The number of fused-ring (bicyclic) bond motifs is 3. The smallest absolute Gasteiger partial charge is 0.254 e. The van der Waals surface area contributed by atoms with Crippen LogP contribution in [0, 0.1) is 23.0 Å². The van der Waals surface area contributed by atoms with Crippen LogP contribution in [-0.4, -0.2) is 22.0 Å². The number of halogens is 3. The summed E-state index contributed by atoms with van der Waals surface area (Å²) in [6.07, 6.45) is 0. The first-order valence-electron chi connectivity index (χ1n) is 9.60. The zero-order valence-electron chi connectivity index (χ0n) is 16.5. The predicted octanol–water partition coefficient (Wildman–Crippen LogP) is 3.96. The van der Waals surface area contributed by atoms with Crippen LogP contribution in [0.2, 0.25) is 5.02 Å². The summed E-state index contributed by atoms with van der Waals surface area (Å²) in [5.74, 6) is -2.64. The quantitative estimate of drug-likeness (QED) is 0.425. The van der Waals surface area contributed by atoms with Crippen molar-refractivity contribution in [2.75, 3.05) is 0 Å². The maximum absolute atomic E-state index is 14.1. The van der Waals surface area contributed by atoms with E-state index in [0.29, 0.717) is 22.0 Å². The van der Waals surface area contributed by atoms with Gasteiger partial charge in [-0.1, -0.05) is 17.7 Å². The highest BCUT2D eigenvalue weighted by molar-refractivity contribution is 6.31. The van der Waals surface area contributed by atoms with E-state index in [4.69, 9.17) is 17.3 Å². The molecule has 0 aliphatic carbocycles. The molecular weight excluding hydrogens is 452 g/mol. The molecule has 2 heterocycles. The fourth-order valence-corrected chi connectivity index (χ4v) is 4.44. The van der Waals surface area contributed by atoms with Gasteiger partial charge in [0.1, 0.15) is 17.7 Å². The molecule has 33 heavy (non-hydrogen) atoms. The third-order valence-corrected chi connectivity index (χ3v) is 5.95. The van der Waals surface area contributed by atoms with Crippen molar-refractivity contribution in [2.24, 2.45) is 5.73 Å². The number of H-pyrrole nitrogens is 1. The number of carbonyl (C=O) groups excluding carboxylic acids is 2. The Morgan fingerprint density at radius 1 is 1.12 bits per heavy atom. The SMILES string of the molecule is N#Cc1n[nH]c2c3c(c(-c4ccc(F)cc4C(N)=O)cc12)C(c1cc(F)ccc1Cl)NC3=O. The van der Waals surface area contributed by atoms with E-state index in [1.165, 1.54) is 24.3 Å². The Bertz CT molecular complexity index is 1560. The van der Waals surface area contributed by atoms with Gasteiger partial charge in [-0.15, -0.1) is 0 Å². The number of nitrogens with one attached hydrogen (secondary N) is 2. The number of nitrogens with two attached hydrogens (primary N) is 1. The summed E-state index contributed by atoms with van der Waals surface area (Å²) < 4.78 is 28.0. The number of hydrogen-bond donors (Lipinski definition) is 3. The minimum absolute atomic E-state index is 0.0248. The number of nitriles is 1. The highest BCUT2D eigenvalue weighted by atomic mass is 35.5. The van der Waals surface area contributed by atoms with Crippen LogP contribution in [0.4, 0.5) is 8.78 Å². The van der Waals surface area contributed by atoms with Gasteiger partial charge in [0.2, 0.25) is 5.91 Å². The summed E-state index contributed by atoms with van der Waals surface area (Å²) in [4.78, 5) is 25.2. The average Bonchev–Trinajstić information content (AvgIpc) is 3.35. The summed E-state index contributed by atoms with van der Waals surface area (Å²) in [5, 5.41) is 19.4. The summed E-state index contributed by atoms with van der Waals surface area (Å²) >= 11 is 6.33. The summed E-state index contributed by atoms with van der Waals surface area (Å²) in [5.41, 5.74) is 7.06. The van der Waals surface area contributed by atoms with Gasteiger partial charge in [-0.25, -0.2) is 8.78 Å². The van der Waals surface area contributed by atoms with Gasteiger partial charge in [-0.3, -0.25) is 14.7 Å². The lowest BCUT2D eigenvalue weighted by Gasteiger charge is -2.19. The third kappa shape index (κ3) is 3.11. The average molecular weight is 464 g/mol. The van der Waals surface area contributed by atoms with Gasteiger partial charge in [0, 0.05) is 27.1 Å². The normalized spacial score (nSPS) is 14.7. The standard InChI is InChI=1S/C23H12ClF2N5O2/c24-16-4-2-10(26)6-14(16)20-18-12(11-3-1-9(25)5-13(11)22(28)32)7-15-17(8-27)30-31-21(15)19(18)23(33)29-20/h1-7,20H,(H2,28,32)(H,29,33)(H,30,31). The topological polar surface area (TPSA) is 125 Å². The number of aromatic amines is 1. The Balaban J connectivity index is 1.92. The van der Waals surface area contributed by atoms with Crippen molar-refractivity contribution in [2.45, 2.75) is 6.04 Å². The molecule has 1 unspecified atom stereocenters. The molecule has 0 fully saturated rings. The molecule has 4 aromatic rings. The second-order valence-electron chi connectivity index (χ2n) is 7.45. The van der Waals surface area contributed by atoms with Gasteiger partial charge in [0.15, 0.2) is 5.69 Å². The van der Waals surface area contributed by atoms with E-state index in [1.54, 1.807) is 6.07 Å². The molecule has 7 nitrogen and oxygen atoms in total. The van der Waals surface area contributed by atoms with Crippen molar-refractivity contribution in [1.29, 1.82) is 5.26 Å². The minimum Gasteiger partial charge on any atom is -0.366 e. The van der Waals surface area contributed by atoms with Crippen molar-refractivity contribution in [3.05, 3.63) is 87.1 Å². The molecule has 0 saturated carbocycles. The van der Waals surface area contributed by atoms with E-state index in [0.717, 1.165) is 12.1 Å². The minimum atomic E-state index is -0.894. The van der Waals surface area contributed by atoms with Crippen LogP contribution in [0.25, 0.3) is 22.0 Å². The molecule has 2 amide bonds. The maximum Gasteiger partial charge on any atom is 0.254 e. The van der Waals surface area contributed by atoms with Gasteiger partial charge in [-0.2, -0.15) is 10.4 Å². The van der Waals surface area contributed by atoms with Crippen molar-refractivity contribution in [3.63, 3.8) is 0 Å². The van der Waals surface area contributed by atoms with Crippen LogP contribution < -0.4 is 11.1 Å². The predicted molar refractivity (Wildman–Crippen MR) is 115 cm³/mol. The Morgan fingerprint density at radius 2 is 1.85 bits per heavy atom. The molecule has 3 aromatic carbocycles. The fourth-order valence-electron chi connectivity index (χ4n) is 4.22.